The van der Waals surface area contributed by atoms with Crippen LogP contribution in [0.5, 0.6) is 0 Å². The maximum absolute atomic E-state index is 12.3. The van der Waals surface area contributed by atoms with Gasteiger partial charge in [-0.25, -0.2) is 4.98 Å². The van der Waals surface area contributed by atoms with Crippen LogP contribution < -0.4 is 5.32 Å². The first-order chi connectivity index (χ1) is 12.6. The van der Waals surface area contributed by atoms with E-state index in [2.05, 4.69) is 10.3 Å². The maximum Gasteiger partial charge on any atom is 0.255 e. The van der Waals surface area contributed by atoms with E-state index in [1.165, 1.54) is 0 Å². The number of carbonyl (C=O) groups is 1. The zero-order chi connectivity index (χ0) is 18.1. The van der Waals surface area contributed by atoms with Crippen molar-refractivity contribution in [1.29, 1.82) is 0 Å². The summed E-state index contributed by atoms with van der Waals surface area (Å²) >= 11 is 12.0. The van der Waals surface area contributed by atoms with Gasteiger partial charge in [0, 0.05) is 22.3 Å². The Morgan fingerprint density at radius 2 is 1.73 bits per heavy atom. The fourth-order valence-electron chi connectivity index (χ4n) is 2.56. The lowest BCUT2D eigenvalue weighted by Crippen LogP contribution is -2.11. The number of hydrogen-bond acceptors (Lipinski definition) is 3. The number of aromatic nitrogens is 1. The lowest BCUT2D eigenvalue weighted by Gasteiger charge is -2.05. The second-order valence-electron chi connectivity index (χ2n) is 5.64. The van der Waals surface area contributed by atoms with Crippen molar-refractivity contribution in [2.24, 2.45) is 0 Å². The molecule has 4 rings (SSSR count). The highest BCUT2D eigenvalue weighted by atomic mass is 35.5. The molecule has 0 radical (unpaired) electrons. The van der Waals surface area contributed by atoms with Gasteiger partial charge >= 0.3 is 0 Å². The van der Waals surface area contributed by atoms with Crippen molar-refractivity contribution in [2.45, 2.75) is 0 Å². The Bertz CT molecular complexity index is 1100. The summed E-state index contributed by atoms with van der Waals surface area (Å²) in [4.78, 5) is 16.8. The van der Waals surface area contributed by atoms with Crippen LogP contribution in [0.15, 0.2) is 71.1 Å². The van der Waals surface area contributed by atoms with Crippen molar-refractivity contribution >= 4 is 45.9 Å². The van der Waals surface area contributed by atoms with Crippen LogP contribution in [0, 0.1) is 0 Å². The molecule has 0 atom stereocenters. The van der Waals surface area contributed by atoms with Gasteiger partial charge in [-0.1, -0.05) is 35.3 Å². The third-order valence-electron chi connectivity index (χ3n) is 3.86. The average molecular weight is 383 g/mol. The minimum absolute atomic E-state index is 0.230. The van der Waals surface area contributed by atoms with Crippen LogP contribution >= 0.6 is 23.2 Å². The van der Waals surface area contributed by atoms with Gasteiger partial charge in [-0.05, 0) is 48.5 Å². The molecule has 128 valence electrons. The van der Waals surface area contributed by atoms with Crippen LogP contribution in [0.3, 0.4) is 0 Å². The molecule has 0 saturated carbocycles. The van der Waals surface area contributed by atoms with Gasteiger partial charge in [0.25, 0.3) is 5.91 Å². The van der Waals surface area contributed by atoms with Gasteiger partial charge in [-0.2, -0.15) is 0 Å². The van der Waals surface area contributed by atoms with Crippen molar-refractivity contribution < 1.29 is 9.21 Å². The summed E-state index contributed by atoms with van der Waals surface area (Å²) in [6.45, 7) is 0. The molecule has 1 aromatic heterocycles. The third kappa shape index (κ3) is 3.29. The topological polar surface area (TPSA) is 55.1 Å². The minimum Gasteiger partial charge on any atom is -0.436 e. The fourth-order valence-corrected chi connectivity index (χ4v) is 2.90. The van der Waals surface area contributed by atoms with Gasteiger partial charge in [0.15, 0.2) is 5.58 Å². The zero-order valence-electron chi connectivity index (χ0n) is 13.4. The zero-order valence-corrected chi connectivity index (χ0v) is 14.9. The summed E-state index contributed by atoms with van der Waals surface area (Å²) in [5.74, 6) is 0.207. The Labute approximate surface area is 159 Å². The molecule has 4 nitrogen and oxygen atoms in total. The van der Waals surface area contributed by atoms with Gasteiger partial charge < -0.3 is 9.73 Å². The monoisotopic (exact) mass is 382 g/mol. The second-order valence-corrected chi connectivity index (χ2v) is 6.49. The van der Waals surface area contributed by atoms with E-state index < -0.39 is 0 Å². The molecule has 3 aromatic carbocycles. The molecule has 0 unspecified atom stereocenters. The molecule has 0 aliphatic carbocycles. The van der Waals surface area contributed by atoms with E-state index in [9.17, 15) is 4.79 Å². The molecule has 0 bridgehead atoms. The quantitative estimate of drug-likeness (QED) is 0.468. The maximum atomic E-state index is 12.3. The molecule has 1 N–H and O–H groups in total. The molecule has 6 heteroatoms. The Morgan fingerprint density at radius 1 is 0.962 bits per heavy atom. The smallest absolute Gasteiger partial charge is 0.255 e. The molecule has 0 fully saturated rings. The van der Waals surface area contributed by atoms with Crippen molar-refractivity contribution in [3.63, 3.8) is 0 Å². The molecule has 0 saturated heterocycles. The number of benzene rings is 3. The van der Waals surface area contributed by atoms with E-state index in [4.69, 9.17) is 27.6 Å². The van der Waals surface area contributed by atoms with Crippen LogP contribution in [0.2, 0.25) is 10.0 Å². The summed E-state index contributed by atoms with van der Waals surface area (Å²) in [5, 5.41) is 3.98. The summed E-state index contributed by atoms with van der Waals surface area (Å²) in [6, 6.07) is 19.3. The predicted molar refractivity (Wildman–Crippen MR) is 104 cm³/mol. The van der Waals surface area contributed by atoms with E-state index in [0.29, 0.717) is 38.3 Å². The first-order valence-corrected chi connectivity index (χ1v) is 8.58. The van der Waals surface area contributed by atoms with Crippen LogP contribution in [0.1, 0.15) is 10.4 Å². The van der Waals surface area contributed by atoms with Crippen molar-refractivity contribution in [2.75, 3.05) is 5.32 Å². The highest BCUT2D eigenvalue weighted by Gasteiger charge is 2.12. The van der Waals surface area contributed by atoms with Crippen molar-refractivity contribution in [3.8, 4) is 11.5 Å². The first-order valence-electron chi connectivity index (χ1n) is 7.82. The number of hydrogen-bond donors (Lipinski definition) is 1. The van der Waals surface area contributed by atoms with Crippen LogP contribution in [0.4, 0.5) is 5.69 Å². The largest absolute Gasteiger partial charge is 0.436 e. The Morgan fingerprint density at radius 3 is 2.50 bits per heavy atom. The van der Waals surface area contributed by atoms with Crippen LogP contribution in [-0.4, -0.2) is 10.9 Å². The van der Waals surface area contributed by atoms with Crippen LogP contribution in [-0.2, 0) is 0 Å². The van der Waals surface area contributed by atoms with E-state index in [1.807, 2.05) is 18.2 Å². The minimum atomic E-state index is -0.230. The molecule has 0 aliphatic rings. The molecule has 1 heterocycles. The molecule has 4 aromatic rings. The summed E-state index contributed by atoms with van der Waals surface area (Å²) in [5.41, 5.74) is 3.10. The third-order valence-corrected chi connectivity index (χ3v) is 4.44. The first kappa shape index (κ1) is 16.6. The molecule has 0 spiro atoms. The highest BCUT2D eigenvalue weighted by molar-refractivity contribution is 6.33. The number of nitrogens with zero attached hydrogens (tertiary/aromatic N) is 1. The van der Waals surface area contributed by atoms with Gasteiger partial charge in [-0.15, -0.1) is 0 Å². The normalized spacial score (nSPS) is 10.8. The van der Waals surface area contributed by atoms with E-state index in [0.717, 1.165) is 5.56 Å². The number of nitrogens with one attached hydrogen (secondary N) is 1. The average Bonchev–Trinajstić information content (AvgIpc) is 3.05. The predicted octanol–water partition coefficient (Wildman–Crippen LogP) is 6.05. The summed E-state index contributed by atoms with van der Waals surface area (Å²) in [7, 11) is 0. The Hall–Kier alpha value is -2.82. The number of amides is 1. The lowest BCUT2D eigenvalue weighted by molar-refractivity contribution is 0.102. The second kappa shape index (κ2) is 6.83. The van der Waals surface area contributed by atoms with E-state index in [1.54, 1.807) is 48.5 Å². The summed E-state index contributed by atoms with van der Waals surface area (Å²) < 4.78 is 5.81. The van der Waals surface area contributed by atoms with Gasteiger partial charge in [0.2, 0.25) is 5.89 Å². The van der Waals surface area contributed by atoms with E-state index >= 15 is 0 Å². The number of fused-ring (bicyclic) bond motifs is 1. The van der Waals surface area contributed by atoms with Crippen molar-refractivity contribution in [1.82, 2.24) is 4.98 Å². The molecular formula is C20H12Cl2N2O2. The highest BCUT2D eigenvalue weighted by Crippen LogP contribution is 2.30. The van der Waals surface area contributed by atoms with Crippen LogP contribution in [0.25, 0.3) is 22.6 Å². The fraction of sp³-hybridized carbons (Fsp3) is 0. The number of anilines is 1. The molecule has 1 amide bonds. The van der Waals surface area contributed by atoms with Gasteiger partial charge in [0.1, 0.15) is 5.52 Å². The van der Waals surface area contributed by atoms with Gasteiger partial charge in [0.05, 0.1) is 10.6 Å². The van der Waals surface area contributed by atoms with Crippen molar-refractivity contribution in [3.05, 3.63) is 82.3 Å². The number of rotatable bonds is 3. The Kier molecular flexibility index (Phi) is 4.37. The molecule has 26 heavy (non-hydrogen) atoms. The lowest BCUT2D eigenvalue weighted by atomic mass is 10.2. The summed E-state index contributed by atoms with van der Waals surface area (Å²) in [6.07, 6.45) is 0. The SMILES string of the molecule is O=C(Nc1ccc2nc(-c3ccccc3Cl)oc2c1)c1ccc(Cl)cc1. The Balaban J connectivity index is 1.62. The number of halogens is 2. The standard InChI is InChI=1S/C20H12Cl2N2O2/c21-13-7-5-12(6-8-13)19(25)23-14-9-10-17-18(11-14)26-20(24-17)15-3-1-2-4-16(15)22/h1-11H,(H,23,25). The molecular weight excluding hydrogens is 371 g/mol. The number of oxazole rings is 1. The van der Waals surface area contributed by atoms with E-state index in [-0.39, 0.29) is 5.91 Å². The molecule has 0 aliphatic heterocycles. The van der Waals surface area contributed by atoms with Gasteiger partial charge in [-0.3, -0.25) is 4.79 Å². The number of carbonyl (C=O) groups excluding carboxylic acids is 1.